The number of hydrogen-bond donors (Lipinski definition) is 1. The van der Waals surface area contributed by atoms with Crippen LogP contribution in [0.25, 0.3) is 0 Å². The van der Waals surface area contributed by atoms with Gasteiger partial charge in [-0.15, -0.1) is 0 Å². The van der Waals surface area contributed by atoms with Crippen LogP contribution in [0.4, 0.5) is 0 Å². The maximum Gasteiger partial charge on any atom is 0.0587 e. The van der Waals surface area contributed by atoms with Gasteiger partial charge in [-0.05, 0) is 32.4 Å². The highest BCUT2D eigenvalue weighted by molar-refractivity contribution is 5.00. The van der Waals surface area contributed by atoms with E-state index >= 15 is 0 Å². The molecular formula is C11H21N3O. The van der Waals surface area contributed by atoms with Gasteiger partial charge in [-0.25, -0.2) is 0 Å². The molecule has 1 N–H and O–H groups in total. The van der Waals surface area contributed by atoms with Crippen LogP contribution in [0.3, 0.4) is 0 Å². The standard InChI is InChI=1S/C11H21N3O/c1-3-14-11(6-8-13-14)5-4-7-12-9-10-15-2/h6,8,12H,3-5,7,9-10H2,1-2H3. The van der Waals surface area contributed by atoms with E-state index in [2.05, 4.69) is 28.1 Å². The van der Waals surface area contributed by atoms with Crippen molar-refractivity contribution < 1.29 is 4.74 Å². The quantitative estimate of drug-likeness (QED) is 0.654. The number of nitrogens with one attached hydrogen (secondary N) is 1. The van der Waals surface area contributed by atoms with E-state index in [0.717, 1.165) is 39.1 Å². The Morgan fingerprint density at radius 1 is 1.47 bits per heavy atom. The van der Waals surface area contributed by atoms with Crippen molar-refractivity contribution in [3.63, 3.8) is 0 Å². The van der Waals surface area contributed by atoms with Crippen LogP contribution in [0, 0.1) is 0 Å². The van der Waals surface area contributed by atoms with Crippen LogP contribution in [0.15, 0.2) is 12.3 Å². The molecule has 0 aliphatic carbocycles. The molecule has 86 valence electrons. The van der Waals surface area contributed by atoms with Crippen molar-refractivity contribution in [3.05, 3.63) is 18.0 Å². The van der Waals surface area contributed by atoms with Crippen LogP contribution < -0.4 is 5.32 Å². The second-order valence-electron chi connectivity index (χ2n) is 3.48. The molecule has 0 aliphatic heterocycles. The van der Waals surface area contributed by atoms with Crippen molar-refractivity contribution in [2.45, 2.75) is 26.3 Å². The molecule has 15 heavy (non-hydrogen) atoms. The fourth-order valence-corrected chi connectivity index (χ4v) is 1.55. The third-order valence-electron chi connectivity index (χ3n) is 2.37. The molecule has 0 atom stereocenters. The smallest absolute Gasteiger partial charge is 0.0587 e. The molecule has 1 aromatic heterocycles. The lowest BCUT2D eigenvalue weighted by atomic mass is 10.2. The molecule has 4 nitrogen and oxygen atoms in total. The zero-order chi connectivity index (χ0) is 10.9. The fourth-order valence-electron chi connectivity index (χ4n) is 1.55. The summed E-state index contributed by atoms with van der Waals surface area (Å²) < 4.78 is 7.00. The van der Waals surface area contributed by atoms with Crippen molar-refractivity contribution in [2.24, 2.45) is 0 Å². The summed E-state index contributed by atoms with van der Waals surface area (Å²) in [6, 6.07) is 2.10. The number of aromatic nitrogens is 2. The summed E-state index contributed by atoms with van der Waals surface area (Å²) >= 11 is 0. The predicted octanol–water partition coefficient (Wildman–Crippen LogP) is 1.07. The Balaban J connectivity index is 2.09. The van der Waals surface area contributed by atoms with Gasteiger partial charge >= 0.3 is 0 Å². The summed E-state index contributed by atoms with van der Waals surface area (Å²) in [4.78, 5) is 0. The molecule has 0 saturated carbocycles. The Morgan fingerprint density at radius 2 is 2.33 bits per heavy atom. The maximum atomic E-state index is 4.95. The first kappa shape index (κ1) is 12.2. The molecule has 0 saturated heterocycles. The number of hydrogen-bond acceptors (Lipinski definition) is 3. The van der Waals surface area contributed by atoms with Gasteiger partial charge in [-0.2, -0.15) is 5.10 Å². The molecule has 0 spiro atoms. The normalized spacial score (nSPS) is 10.8. The van der Waals surface area contributed by atoms with Crippen LogP contribution in [-0.4, -0.2) is 36.6 Å². The molecule has 0 fully saturated rings. The Labute approximate surface area is 91.6 Å². The van der Waals surface area contributed by atoms with Crippen LogP contribution in [-0.2, 0) is 17.7 Å². The van der Waals surface area contributed by atoms with Gasteiger partial charge in [0.25, 0.3) is 0 Å². The van der Waals surface area contributed by atoms with E-state index in [-0.39, 0.29) is 0 Å². The van der Waals surface area contributed by atoms with E-state index in [0.29, 0.717) is 0 Å². The van der Waals surface area contributed by atoms with Gasteiger partial charge in [0, 0.05) is 32.1 Å². The van der Waals surface area contributed by atoms with Gasteiger partial charge in [0.1, 0.15) is 0 Å². The molecule has 0 bridgehead atoms. The van der Waals surface area contributed by atoms with Gasteiger partial charge < -0.3 is 10.1 Å². The van der Waals surface area contributed by atoms with Gasteiger partial charge in [-0.1, -0.05) is 0 Å². The minimum Gasteiger partial charge on any atom is -0.383 e. The average Bonchev–Trinajstić information content (AvgIpc) is 2.70. The lowest BCUT2D eigenvalue weighted by Crippen LogP contribution is -2.20. The van der Waals surface area contributed by atoms with Crippen molar-refractivity contribution in [3.8, 4) is 0 Å². The Bertz CT molecular complexity index is 260. The zero-order valence-corrected chi connectivity index (χ0v) is 9.70. The number of aryl methyl sites for hydroxylation is 2. The molecular weight excluding hydrogens is 190 g/mol. The Hall–Kier alpha value is -0.870. The van der Waals surface area contributed by atoms with Gasteiger partial charge in [-0.3, -0.25) is 4.68 Å². The highest BCUT2D eigenvalue weighted by Gasteiger charge is 1.99. The first-order valence-electron chi connectivity index (χ1n) is 5.58. The van der Waals surface area contributed by atoms with Crippen molar-refractivity contribution >= 4 is 0 Å². The number of ether oxygens (including phenoxy) is 1. The van der Waals surface area contributed by atoms with Gasteiger partial charge in [0.2, 0.25) is 0 Å². The first-order chi connectivity index (χ1) is 7.38. The number of nitrogens with zero attached hydrogens (tertiary/aromatic N) is 2. The molecule has 1 rings (SSSR count). The van der Waals surface area contributed by atoms with E-state index in [4.69, 9.17) is 4.74 Å². The van der Waals surface area contributed by atoms with Gasteiger partial charge in [0.15, 0.2) is 0 Å². The van der Waals surface area contributed by atoms with E-state index in [1.165, 1.54) is 5.69 Å². The van der Waals surface area contributed by atoms with Gasteiger partial charge in [0.05, 0.1) is 6.61 Å². The second-order valence-corrected chi connectivity index (χ2v) is 3.48. The number of methoxy groups -OCH3 is 1. The van der Waals surface area contributed by atoms with E-state index in [1.807, 2.05) is 6.20 Å². The summed E-state index contributed by atoms with van der Waals surface area (Å²) in [5, 5.41) is 7.57. The fraction of sp³-hybridized carbons (Fsp3) is 0.727. The van der Waals surface area contributed by atoms with Crippen LogP contribution in [0.1, 0.15) is 19.0 Å². The highest BCUT2D eigenvalue weighted by Crippen LogP contribution is 2.01. The molecule has 0 unspecified atom stereocenters. The molecule has 4 heteroatoms. The molecule has 0 radical (unpaired) electrons. The summed E-state index contributed by atoms with van der Waals surface area (Å²) in [5.74, 6) is 0. The summed E-state index contributed by atoms with van der Waals surface area (Å²) in [6.07, 6.45) is 4.11. The van der Waals surface area contributed by atoms with Crippen LogP contribution in [0.2, 0.25) is 0 Å². The molecule has 0 aliphatic rings. The summed E-state index contributed by atoms with van der Waals surface area (Å²) in [6.45, 7) is 5.83. The van der Waals surface area contributed by atoms with Crippen molar-refractivity contribution in [2.75, 3.05) is 26.8 Å². The third-order valence-corrected chi connectivity index (χ3v) is 2.37. The first-order valence-corrected chi connectivity index (χ1v) is 5.58. The van der Waals surface area contributed by atoms with Crippen LogP contribution >= 0.6 is 0 Å². The third kappa shape index (κ3) is 4.44. The topological polar surface area (TPSA) is 39.1 Å². The van der Waals surface area contributed by atoms with Crippen molar-refractivity contribution in [1.29, 1.82) is 0 Å². The SMILES string of the molecule is CCn1nccc1CCCNCCOC. The lowest BCUT2D eigenvalue weighted by Gasteiger charge is -2.05. The second kappa shape index (κ2) is 7.43. The average molecular weight is 211 g/mol. The van der Waals surface area contributed by atoms with Crippen molar-refractivity contribution in [1.82, 2.24) is 15.1 Å². The van der Waals surface area contributed by atoms with Crippen LogP contribution in [0.5, 0.6) is 0 Å². The molecule has 0 aromatic carbocycles. The monoisotopic (exact) mass is 211 g/mol. The minimum absolute atomic E-state index is 0.785. The lowest BCUT2D eigenvalue weighted by molar-refractivity contribution is 0.199. The predicted molar refractivity (Wildman–Crippen MR) is 61.0 cm³/mol. The molecule has 1 aromatic rings. The number of rotatable bonds is 8. The summed E-state index contributed by atoms with van der Waals surface area (Å²) in [5.41, 5.74) is 1.33. The maximum absolute atomic E-state index is 4.95. The molecule has 0 amide bonds. The van der Waals surface area contributed by atoms with E-state index < -0.39 is 0 Å². The zero-order valence-electron chi connectivity index (χ0n) is 9.70. The van der Waals surface area contributed by atoms with E-state index in [1.54, 1.807) is 7.11 Å². The highest BCUT2D eigenvalue weighted by atomic mass is 16.5. The molecule has 1 heterocycles. The summed E-state index contributed by atoms with van der Waals surface area (Å²) in [7, 11) is 1.72. The minimum atomic E-state index is 0.785. The van der Waals surface area contributed by atoms with E-state index in [9.17, 15) is 0 Å². The Kier molecular flexibility index (Phi) is 6.04. The largest absolute Gasteiger partial charge is 0.383 e. The Morgan fingerprint density at radius 3 is 3.07 bits per heavy atom.